The number of amides is 1. The summed E-state index contributed by atoms with van der Waals surface area (Å²) in [6.07, 6.45) is 5.04. The van der Waals surface area contributed by atoms with Gasteiger partial charge in [-0.1, -0.05) is 25.0 Å². The number of aromatic nitrogens is 1. The monoisotopic (exact) mass is 320 g/mol. The first-order valence-electron chi connectivity index (χ1n) is 7.28. The summed E-state index contributed by atoms with van der Waals surface area (Å²) in [5.41, 5.74) is -0.122. The van der Waals surface area contributed by atoms with Gasteiger partial charge in [-0.15, -0.1) is 11.3 Å². The summed E-state index contributed by atoms with van der Waals surface area (Å²) in [6.45, 7) is -0.0578. The van der Waals surface area contributed by atoms with E-state index in [0.29, 0.717) is 15.4 Å². The van der Waals surface area contributed by atoms with Crippen LogP contribution in [0.15, 0.2) is 30.5 Å². The highest BCUT2D eigenvalue weighted by molar-refractivity contribution is 7.16. The van der Waals surface area contributed by atoms with Crippen LogP contribution in [-0.4, -0.2) is 28.1 Å². The first-order chi connectivity index (χ1) is 10.6. The molecule has 1 amide bonds. The maximum absolute atomic E-state index is 13.8. The van der Waals surface area contributed by atoms with E-state index >= 15 is 0 Å². The predicted molar refractivity (Wildman–Crippen MR) is 83.3 cm³/mol. The molecule has 1 heterocycles. The Hall–Kier alpha value is -1.79. The lowest BCUT2D eigenvalue weighted by Crippen LogP contribution is -2.49. The first-order valence-corrected chi connectivity index (χ1v) is 8.09. The number of carbonyl (C=O) groups is 1. The molecule has 0 aliphatic heterocycles. The van der Waals surface area contributed by atoms with Crippen LogP contribution < -0.4 is 5.32 Å². The highest BCUT2D eigenvalue weighted by atomic mass is 32.1. The van der Waals surface area contributed by atoms with Crippen LogP contribution in [0.3, 0.4) is 0 Å². The minimum absolute atomic E-state index is 0.0578. The first kappa shape index (κ1) is 15.1. The number of hydrogen-bond acceptors (Lipinski definition) is 4. The third-order valence-corrected chi connectivity index (χ3v) is 5.11. The van der Waals surface area contributed by atoms with Gasteiger partial charge in [0.15, 0.2) is 0 Å². The van der Waals surface area contributed by atoms with Gasteiger partial charge in [-0.2, -0.15) is 0 Å². The van der Waals surface area contributed by atoms with Crippen LogP contribution in [0.1, 0.15) is 35.4 Å². The summed E-state index contributed by atoms with van der Waals surface area (Å²) >= 11 is 1.16. The van der Waals surface area contributed by atoms with Crippen molar-refractivity contribution in [2.45, 2.75) is 31.2 Å². The Morgan fingerprint density at radius 3 is 2.77 bits per heavy atom. The van der Waals surface area contributed by atoms with E-state index in [1.165, 1.54) is 12.3 Å². The van der Waals surface area contributed by atoms with Crippen LogP contribution in [0.4, 0.5) is 4.39 Å². The zero-order chi connectivity index (χ0) is 15.6. The van der Waals surface area contributed by atoms with Gasteiger partial charge in [-0.3, -0.25) is 4.79 Å². The molecule has 2 N–H and O–H groups in total. The highest BCUT2D eigenvalue weighted by Crippen LogP contribution is 2.31. The molecule has 0 saturated heterocycles. The van der Waals surface area contributed by atoms with E-state index in [1.807, 2.05) is 0 Å². The Morgan fingerprint density at radius 2 is 2.09 bits per heavy atom. The second-order valence-electron chi connectivity index (χ2n) is 5.61. The lowest BCUT2D eigenvalue weighted by atomic mass is 9.99. The number of nitrogens with zero attached hydrogens (tertiary/aromatic N) is 1. The number of rotatable bonds is 4. The van der Waals surface area contributed by atoms with E-state index in [1.54, 1.807) is 18.2 Å². The van der Waals surface area contributed by atoms with Gasteiger partial charge in [0.25, 0.3) is 5.91 Å². The Bertz CT molecular complexity index is 680. The zero-order valence-electron chi connectivity index (χ0n) is 12.0. The van der Waals surface area contributed by atoms with Crippen LogP contribution in [0.2, 0.25) is 0 Å². The van der Waals surface area contributed by atoms with Crippen LogP contribution in [0, 0.1) is 5.82 Å². The summed E-state index contributed by atoms with van der Waals surface area (Å²) in [6, 6.07) is 6.36. The van der Waals surface area contributed by atoms with Gasteiger partial charge in [-0.25, -0.2) is 9.37 Å². The van der Waals surface area contributed by atoms with Crippen molar-refractivity contribution in [3.05, 3.63) is 41.2 Å². The van der Waals surface area contributed by atoms with Crippen molar-refractivity contribution in [3.8, 4) is 10.6 Å². The van der Waals surface area contributed by atoms with Gasteiger partial charge in [0.1, 0.15) is 15.7 Å². The molecule has 0 radical (unpaired) electrons. The number of halogens is 1. The number of benzene rings is 1. The molecule has 0 atom stereocenters. The Morgan fingerprint density at radius 1 is 1.36 bits per heavy atom. The average Bonchev–Trinajstić information content (AvgIpc) is 3.17. The molecule has 3 rings (SSSR count). The third-order valence-electron chi connectivity index (χ3n) is 4.08. The molecule has 1 aliphatic carbocycles. The lowest BCUT2D eigenvalue weighted by molar-refractivity contribution is 0.0842. The third kappa shape index (κ3) is 2.89. The predicted octanol–water partition coefficient (Wildman–Crippen LogP) is 2.98. The Kier molecular flexibility index (Phi) is 4.22. The highest BCUT2D eigenvalue weighted by Gasteiger charge is 2.35. The molecule has 2 aromatic rings. The molecule has 1 fully saturated rings. The van der Waals surface area contributed by atoms with Crippen LogP contribution in [-0.2, 0) is 0 Å². The molecule has 22 heavy (non-hydrogen) atoms. The van der Waals surface area contributed by atoms with Crippen molar-refractivity contribution in [3.63, 3.8) is 0 Å². The van der Waals surface area contributed by atoms with Crippen LogP contribution in [0.5, 0.6) is 0 Å². The second kappa shape index (κ2) is 6.14. The van der Waals surface area contributed by atoms with Gasteiger partial charge in [0.05, 0.1) is 18.3 Å². The van der Waals surface area contributed by atoms with Gasteiger partial charge in [0.2, 0.25) is 0 Å². The summed E-state index contributed by atoms with van der Waals surface area (Å²) in [7, 11) is 0. The summed E-state index contributed by atoms with van der Waals surface area (Å²) in [5.74, 6) is -0.609. The van der Waals surface area contributed by atoms with Crippen molar-refractivity contribution in [1.82, 2.24) is 10.3 Å². The van der Waals surface area contributed by atoms with E-state index in [9.17, 15) is 14.3 Å². The number of aliphatic hydroxyl groups excluding tert-OH is 1. The second-order valence-corrected chi connectivity index (χ2v) is 6.64. The quantitative estimate of drug-likeness (QED) is 0.910. The molecule has 0 unspecified atom stereocenters. The van der Waals surface area contributed by atoms with Gasteiger partial charge in [0, 0.05) is 5.56 Å². The summed E-state index contributed by atoms with van der Waals surface area (Å²) < 4.78 is 13.8. The van der Waals surface area contributed by atoms with E-state index in [-0.39, 0.29) is 18.3 Å². The van der Waals surface area contributed by atoms with Gasteiger partial charge in [-0.05, 0) is 25.0 Å². The fraction of sp³-hybridized carbons (Fsp3) is 0.375. The molecular weight excluding hydrogens is 303 g/mol. The fourth-order valence-corrected chi connectivity index (χ4v) is 3.65. The van der Waals surface area contributed by atoms with E-state index in [0.717, 1.165) is 37.0 Å². The van der Waals surface area contributed by atoms with Crippen molar-refractivity contribution < 1.29 is 14.3 Å². The van der Waals surface area contributed by atoms with Crippen molar-refractivity contribution in [2.75, 3.05) is 6.61 Å². The maximum atomic E-state index is 13.8. The molecule has 1 aliphatic rings. The van der Waals surface area contributed by atoms with E-state index in [2.05, 4.69) is 10.3 Å². The zero-order valence-corrected chi connectivity index (χ0v) is 12.8. The molecule has 1 aromatic heterocycles. The summed E-state index contributed by atoms with van der Waals surface area (Å²) in [5, 5.41) is 13.0. The molecule has 4 nitrogen and oxygen atoms in total. The Balaban J connectivity index is 1.79. The normalized spacial score (nSPS) is 16.6. The number of hydrogen-bond donors (Lipinski definition) is 2. The van der Waals surface area contributed by atoms with Crippen molar-refractivity contribution in [1.29, 1.82) is 0 Å². The largest absolute Gasteiger partial charge is 0.394 e. The minimum atomic E-state index is -0.515. The molecule has 0 bridgehead atoms. The molecular formula is C16H17FN2O2S. The number of carbonyl (C=O) groups excluding carboxylic acids is 1. The average molecular weight is 320 g/mol. The van der Waals surface area contributed by atoms with Crippen molar-refractivity contribution >= 4 is 17.2 Å². The number of nitrogens with one attached hydrogen (secondary N) is 1. The van der Waals surface area contributed by atoms with Crippen LogP contribution in [0.25, 0.3) is 10.6 Å². The summed E-state index contributed by atoms with van der Waals surface area (Å²) in [4.78, 5) is 16.9. The van der Waals surface area contributed by atoms with Gasteiger partial charge < -0.3 is 10.4 Å². The SMILES string of the molecule is O=C(NC1(CO)CCCC1)c1cnc(-c2ccccc2F)s1. The smallest absolute Gasteiger partial charge is 0.263 e. The van der Waals surface area contributed by atoms with Crippen LogP contribution >= 0.6 is 11.3 Å². The number of thiazole rings is 1. The Labute approximate surface area is 132 Å². The molecule has 1 saturated carbocycles. The lowest BCUT2D eigenvalue weighted by Gasteiger charge is -2.27. The molecule has 1 aromatic carbocycles. The minimum Gasteiger partial charge on any atom is -0.394 e. The topological polar surface area (TPSA) is 62.2 Å². The van der Waals surface area contributed by atoms with Gasteiger partial charge >= 0.3 is 0 Å². The maximum Gasteiger partial charge on any atom is 0.263 e. The number of aliphatic hydroxyl groups is 1. The van der Waals surface area contributed by atoms with Crippen molar-refractivity contribution in [2.24, 2.45) is 0 Å². The standard InChI is InChI=1S/C16H17FN2O2S/c17-12-6-2-1-5-11(12)15-18-9-13(22-15)14(21)19-16(10-20)7-3-4-8-16/h1-2,5-6,9,20H,3-4,7-8,10H2,(H,19,21). The van der Waals surface area contributed by atoms with E-state index < -0.39 is 5.54 Å². The fourth-order valence-electron chi connectivity index (χ4n) is 2.82. The molecule has 6 heteroatoms. The van der Waals surface area contributed by atoms with E-state index in [4.69, 9.17) is 0 Å². The molecule has 116 valence electrons. The molecule has 0 spiro atoms.